The van der Waals surface area contributed by atoms with Crippen molar-refractivity contribution >= 4 is 52.0 Å². The molecule has 0 aliphatic carbocycles. The monoisotopic (exact) mass is 389 g/mol. The van der Waals surface area contributed by atoms with E-state index in [-0.39, 0.29) is 24.9 Å². The molecule has 0 saturated heterocycles. The van der Waals surface area contributed by atoms with E-state index >= 15 is 0 Å². The first-order chi connectivity index (χ1) is 11.0. The molecule has 9 heteroatoms. The van der Waals surface area contributed by atoms with Gasteiger partial charge in [-0.1, -0.05) is 6.92 Å². The summed E-state index contributed by atoms with van der Waals surface area (Å²) in [4.78, 5) is 29.7. The van der Waals surface area contributed by atoms with Crippen molar-refractivity contribution in [3.8, 4) is 0 Å². The fourth-order valence-corrected chi connectivity index (χ4v) is 3.97. The minimum Gasteiger partial charge on any atom is -0.462 e. The molecular weight excluding hydrogens is 370 g/mol. The number of thiazole rings is 1. The molecule has 0 atom stereocenters. The Kier molecular flexibility index (Phi) is 7.82. The van der Waals surface area contributed by atoms with Gasteiger partial charge >= 0.3 is 5.97 Å². The highest BCUT2D eigenvalue weighted by Crippen LogP contribution is 2.34. The molecule has 2 aromatic rings. The van der Waals surface area contributed by atoms with Crippen LogP contribution in [0.5, 0.6) is 0 Å². The summed E-state index contributed by atoms with van der Waals surface area (Å²) in [6, 6.07) is 0. The Balaban J connectivity index is 0.00000288. The SMILES string of the molecule is CCOC(=O)c1c(NC(=O)c2csc(CN)n2)sc(C)c1CC.Cl. The normalized spacial score (nSPS) is 10.2. The van der Waals surface area contributed by atoms with E-state index in [9.17, 15) is 9.59 Å². The van der Waals surface area contributed by atoms with Gasteiger partial charge in [0, 0.05) is 16.8 Å². The third kappa shape index (κ3) is 4.32. The van der Waals surface area contributed by atoms with E-state index in [2.05, 4.69) is 10.3 Å². The fourth-order valence-electron chi connectivity index (χ4n) is 2.19. The molecule has 0 spiro atoms. The van der Waals surface area contributed by atoms with E-state index in [4.69, 9.17) is 10.5 Å². The number of nitrogens with zero attached hydrogens (tertiary/aromatic N) is 1. The predicted octanol–water partition coefficient (Wildman–Crippen LogP) is 3.38. The second kappa shape index (κ2) is 9.12. The first-order valence-electron chi connectivity index (χ1n) is 7.26. The van der Waals surface area contributed by atoms with Gasteiger partial charge in [-0.25, -0.2) is 9.78 Å². The Morgan fingerprint density at radius 3 is 2.62 bits per heavy atom. The Morgan fingerprint density at radius 2 is 2.08 bits per heavy atom. The summed E-state index contributed by atoms with van der Waals surface area (Å²) in [7, 11) is 0. The first-order valence-corrected chi connectivity index (χ1v) is 8.96. The smallest absolute Gasteiger partial charge is 0.341 e. The highest BCUT2D eigenvalue weighted by molar-refractivity contribution is 7.17. The van der Waals surface area contributed by atoms with Crippen molar-refractivity contribution in [2.24, 2.45) is 5.73 Å². The van der Waals surface area contributed by atoms with Crippen LogP contribution in [-0.4, -0.2) is 23.5 Å². The van der Waals surface area contributed by atoms with Crippen LogP contribution in [0.3, 0.4) is 0 Å². The zero-order valence-electron chi connectivity index (χ0n) is 13.7. The maximum absolute atomic E-state index is 12.3. The molecule has 132 valence electrons. The number of rotatable bonds is 6. The summed E-state index contributed by atoms with van der Waals surface area (Å²) in [6.45, 7) is 6.24. The van der Waals surface area contributed by atoms with Gasteiger partial charge in [-0.3, -0.25) is 4.79 Å². The molecule has 6 nitrogen and oxygen atoms in total. The molecular formula is C15H20ClN3O3S2. The zero-order valence-corrected chi connectivity index (χ0v) is 16.1. The molecule has 0 bridgehead atoms. The molecule has 0 unspecified atom stereocenters. The van der Waals surface area contributed by atoms with Crippen LogP contribution in [0.25, 0.3) is 0 Å². The predicted molar refractivity (Wildman–Crippen MR) is 99.6 cm³/mol. The second-order valence-corrected chi connectivity index (χ2v) is 6.87. The topological polar surface area (TPSA) is 94.3 Å². The van der Waals surface area contributed by atoms with Gasteiger partial charge in [0.15, 0.2) is 0 Å². The lowest BCUT2D eigenvalue weighted by Gasteiger charge is -2.07. The van der Waals surface area contributed by atoms with Crippen LogP contribution in [0, 0.1) is 6.92 Å². The molecule has 1 amide bonds. The first kappa shape index (κ1) is 20.6. The minimum absolute atomic E-state index is 0. The number of esters is 1. The van der Waals surface area contributed by atoms with Crippen molar-refractivity contribution in [3.63, 3.8) is 0 Å². The second-order valence-electron chi connectivity index (χ2n) is 4.70. The zero-order chi connectivity index (χ0) is 17.0. The highest BCUT2D eigenvalue weighted by atomic mass is 35.5. The Morgan fingerprint density at radius 1 is 1.38 bits per heavy atom. The van der Waals surface area contributed by atoms with E-state index in [1.165, 1.54) is 22.7 Å². The number of ether oxygens (including phenoxy) is 1. The van der Waals surface area contributed by atoms with Crippen LogP contribution in [0.2, 0.25) is 0 Å². The van der Waals surface area contributed by atoms with Crippen molar-refractivity contribution in [1.29, 1.82) is 0 Å². The molecule has 0 saturated carbocycles. The number of amides is 1. The number of aromatic nitrogens is 1. The van der Waals surface area contributed by atoms with Gasteiger partial charge in [0.1, 0.15) is 15.7 Å². The van der Waals surface area contributed by atoms with Crippen LogP contribution in [0.15, 0.2) is 5.38 Å². The van der Waals surface area contributed by atoms with Crippen molar-refractivity contribution in [3.05, 3.63) is 32.1 Å². The lowest BCUT2D eigenvalue weighted by Crippen LogP contribution is -2.15. The summed E-state index contributed by atoms with van der Waals surface area (Å²) in [5.74, 6) is -0.764. The van der Waals surface area contributed by atoms with Gasteiger partial charge in [-0.15, -0.1) is 35.1 Å². The van der Waals surface area contributed by atoms with Gasteiger partial charge in [0.2, 0.25) is 0 Å². The molecule has 2 aromatic heterocycles. The summed E-state index contributed by atoms with van der Waals surface area (Å²) in [5, 5.41) is 5.63. The van der Waals surface area contributed by atoms with Gasteiger partial charge in [-0.05, 0) is 25.8 Å². The summed E-state index contributed by atoms with van der Waals surface area (Å²) < 4.78 is 5.12. The molecule has 2 heterocycles. The van der Waals surface area contributed by atoms with Crippen LogP contribution in [0.1, 0.15) is 50.1 Å². The van der Waals surface area contributed by atoms with E-state index < -0.39 is 5.97 Å². The van der Waals surface area contributed by atoms with Crippen molar-refractivity contribution in [1.82, 2.24) is 4.98 Å². The van der Waals surface area contributed by atoms with Gasteiger partial charge in [-0.2, -0.15) is 0 Å². The lowest BCUT2D eigenvalue weighted by atomic mass is 10.1. The summed E-state index contributed by atoms with van der Waals surface area (Å²) >= 11 is 2.71. The van der Waals surface area contributed by atoms with Crippen molar-refractivity contribution in [2.45, 2.75) is 33.7 Å². The largest absolute Gasteiger partial charge is 0.462 e. The maximum atomic E-state index is 12.3. The number of carbonyl (C=O) groups excluding carboxylic acids is 2. The number of nitrogens with one attached hydrogen (secondary N) is 1. The molecule has 24 heavy (non-hydrogen) atoms. The number of thiophene rings is 1. The Bertz CT molecular complexity index is 728. The van der Waals surface area contributed by atoms with Gasteiger partial charge in [0.05, 0.1) is 12.2 Å². The van der Waals surface area contributed by atoms with E-state index in [1.54, 1.807) is 12.3 Å². The Hall–Kier alpha value is -1.48. The van der Waals surface area contributed by atoms with Crippen molar-refractivity contribution < 1.29 is 14.3 Å². The number of hydrogen-bond acceptors (Lipinski definition) is 7. The fraction of sp³-hybridized carbons (Fsp3) is 0.400. The highest BCUT2D eigenvalue weighted by Gasteiger charge is 2.24. The molecule has 3 N–H and O–H groups in total. The van der Waals surface area contributed by atoms with Crippen LogP contribution in [-0.2, 0) is 17.7 Å². The third-order valence-corrected chi connectivity index (χ3v) is 5.16. The minimum atomic E-state index is -0.412. The quantitative estimate of drug-likeness (QED) is 0.738. The number of hydrogen-bond donors (Lipinski definition) is 2. The molecule has 0 aromatic carbocycles. The number of carbonyl (C=O) groups is 2. The molecule has 0 fully saturated rings. The number of anilines is 1. The number of nitrogens with two attached hydrogens (primary N) is 1. The Labute approximate surface area is 154 Å². The van der Waals surface area contributed by atoms with Gasteiger partial charge in [0.25, 0.3) is 5.91 Å². The standard InChI is InChI=1S/C15H19N3O3S2.ClH/c1-4-9-8(3)23-14(12(9)15(20)21-5-2)18-13(19)10-7-22-11(6-16)17-10;/h7H,4-6,16H2,1-3H3,(H,18,19);1H. The number of halogens is 1. The van der Waals surface area contributed by atoms with Gasteiger partial charge < -0.3 is 15.8 Å². The summed E-state index contributed by atoms with van der Waals surface area (Å²) in [5.41, 5.74) is 7.16. The van der Waals surface area contributed by atoms with E-state index in [1.807, 2.05) is 13.8 Å². The van der Waals surface area contributed by atoms with Crippen LogP contribution >= 0.6 is 35.1 Å². The van der Waals surface area contributed by atoms with E-state index in [0.717, 1.165) is 10.4 Å². The summed E-state index contributed by atoms with van der Waals surface area (Å²) in [6.07, 6.45) is 0.695. The lowest BCUT2D eigenvalue weighted by molar-refractivity contribution is 0.0527. The maximum Gasteiger partial charge on any atom is 0.341 e. The molecule has 0 aliphatic heterocycles. The third-order valence-electron chi connectivity index (χ3n) is 3.23. The number of aryl methyl sites for hydroxylation is 1. The van der Waals surface area contributed by atoms with Crippen molar-refractivity contribution in [2.75, 3.05) is 11.9 Å². The average Bonchev–Trinajstić information content (AvgIpc) is 3.11. The van der Waals surface area contributed by atoms with Crippen LogP contribution in [0.4, 0.5) is 5.00 Å². The molecule has 0 radical (unpaired) electrons. The van der Waals surface area contributed by atoms with E-state index in [0.29, 0.717) is 34.2 Å². The average molecular weight is 390 g/mol. The van der Waals surface area contributed by atoms with Crippen LogP contribution < -0.4 is 11.1 Å². The molecule has 0 aliphatic rings. The molecule has 2 rings (SSSR count).